The van der Waals surface area contributed by atoms with Gasteiger partial charge in [-0.15, -0.1) is 0 Å². The monoisotopic (exact) mass is 263 g/mol. The van der Waals surface area contributed by atoms with Crippen molar-refractivity contribution in [2.24, 2.45) is 4.99 Å². The second-order valence-corrected chi connectivity index (χ2v) is 3.92. The molecule has 0 rings (SSSR count). The topological polar surface area (TPSA) is 38.7 Å². The molecule has 0 saturated heterocycles. The van der Waals surface area contributed by atoms with Crippen molar-refractivity contribution in [3.63, 3.8) is 0 Å². The van der Waals surface area contributed by atoms with Gasteiger partial charge in [0.05, 0.1) is 5.71 Å². The van der Waals surface area contributed by atoms with Crippen LogP contribution in [-0.4, -0.2) is 18.3 Å². The maximum absolute atomic E-state index is 10.5. The second-order valence-electron chi connectivity index (χ2n) is 3.09. The summed E-state index contributed by atoms with van der Waals surface area (Å²) in [4.78, 5) is 14.6. The summed E-state index contributed by atoms with van der Waals surface area (Å²) >= 11 is 11.7. The number of halogens is 2. The fraction of sp³-hybridized carbons (Fsp3) is 0.455. The van der Waals surface area contributed by atoms with E-state index < -0.39 is 0 Å². The summed E-state index contributed by atoms with van der Waals surface area (Å²) in [6.45, 7) is 5.16. The largest absolute Gasteiger partial charge is 0.460 e. The van der Waals surface area contributed by atoms with E-state index in [2.05, 4.69) is 4.99 Å². The van der Waals surface area contributed by atoms with Gasteiger partial charge in [-0.1, -0.05) is 36.2 Å². The first kappa shape index (κ1) is 15.2. The minimum absolute atomic E-state index is 0.133. The first-order valence-corrected chi connectivity index (χ1v) is 5.61. The quantitative estimate of drug-likeness (QED) is 0.329. The molecular weight excluding hydrogens is 249 g/mol. The lowest BCUT2D eigenvalue weighted by molar-refractivity contribution is -0.139. The van der Waals surface area contributed by atoms with Gasteiger partial charge in [0.25, 0.3) is 0 Å². The smallest absolute Gasteiger partial charge is 0.303 e. The molecule has 16 heavy (non-hydrogen) atoms. The molecule has 0 atom stereocenters. The summed E-state index contributed by atoms with van der Waals surface area (Å²) in [5, 5.41) is 0.802. The van der Waals surface area contributed by atoms with Gasteiger partial charge in [-0.25, -0.2) is 4.99 Å². The summed E-state index contributed by atoms with van der Waals surface area (Å²) in [7, 11) is 0. The van der Waals surface area contributed by atoms with Crippen molar-refractivity contribution in [2.75, 3.05) is 6.61 Å². The van der Waals surface area contributed by atoms with Crippen molar-refractivity contribution in [1.82, 2.24) is 0 Å². The molecule has 0 aliphatic carbocycles. The lowest BCUT2D eigenvalue weighted by Crippen LogP contribution is -2.08. The van der Waals surface area contributed by atoms with Gasteiger partial charge in [-0.05, 0) is 19.4 Å². The van der Waals surface area contributed by atoms with E-state index in [0.717, 1.165) is 6.42 Å². The molecule has 3 nitrogen and oxygen atoms in total. The number of carbonyl (C=O) groups is 1. The van der Waals surface area contributed by atoms with Crippen LogP contribution in [0, 0.1) is 0 Å². The van der Waals surface area contributed by atoms with Gasteiger partial charge in [0.15, 0.2) is 0 Å². The zero-order chi connectivity index (χ0) is 12.6. The number of hydrogen-bond donors (Lipinski definition) is 0. The molecule has 0 bridgehead atoms. The van der Waals surface area contributed by atoms with E-state index in [9.17, 15) is 4.79 Å². The Morgan fingerprint density at radius 3 is 2.50 bits per heavy atom. The molecule has 0 heterocycles. The van der Waals surface area contributed by atoms with E-state index in [1.807, 2.05) is 13.0 Å². The Hall–Kier alpha value is -0.800. The van der Waals surface area contributed by atoms with Crippen molar-refractivity contribution in [1.29, 1.82) is 0 Å². The van der Waals surface area contributed by atoms with E-state index in [-0.39, 0.29) is 17.7 Å². The maximum Gasteiger partial charge on any atom is 0.303 e. The first-order valence-electron chi connectivity index (χ1n) is 4.86. The standard InChI is InChI=1S/C11H15Cl2NO2/c1-4-5-10(12)6-11(13)14-8(2)7-16-9(3)15/h5-6H,4,7H2,1-3H3/b10-5-,11-6-,14-8+. The summed E-state index contributed by atoms with van der Waals surface area (Å²) in [5.74, 6) is -0.349. The molecule has 0 aromatic carbocycles. The Bertz CT molecular complexity index is 333. The molecular formula is C11H15Cl2NO2. The van der Waals surface area contributed by atoms with Gasteiger partial charge < -0.3 is 4.74 Å². The molecule has 0 fully saturated rings. The minimum Gasteiger partial charge on any atom is -0.460 e. The molecule has 0 aliphatic rings. The van der Waals surface area contributed by atoms with Gasteiger partial charge in [-0.2, -0.15) is 0 Å². The predicted molar refractivity (Wildman–Crippen MR) is 67.9 cm³/mol. The van der Waals surface area contributed by atoms with Crippen LogP contribution in [0.1, 0.15) is 27.2 Å². The molecule has 0 radical (unpaired) electrons. The number of ether oxygens (including phenoxy) is 1. The second kappa shape index (κ2) is 8.36. The Morgan fingerprint density at radius 1 is 1.38 bits per heavy atom. The zero-order valence-corrected chi connectivity index (χ0v) is 11.1. The molecule has 0 unspecified atom stereocenters. The summed E-state index contributed by atoms with van der Waals surface area (Å²) in [6, 6.07) is 0. The first-order chi connectivity index (χ1) is 7.45. The van der Waals surface area contributed by atoms with Crippen LogP contribution in [0.25, 0.3) is 0 Å². The van der Waals surface area contributed by atoms with Crippen LogP contribution in [0.3, 0.4) is 0 Å². The third-order valence-corrected chi connectivity index (χ3v) is 1.90. The SMILES string of the molecule is CC/C=C(Cl)/C=C(Cl)\N=C(/C)COC(C)=O. The number of nitrogens with zero attached hydrogens (tertiary/aromatic N) is 1. The summed E-state index contributed by atoms with van der Waals surface area (Å²) < 4.78 is 4.75. The predicted octanol–water partition coefficient (Wildman–Crippen LogP) is 3.62. The van der Waals surface area contributed by atoms with Crippen molar-refractivity contribution in [2.45, 2.75) is 27.2 Å². The van der Waals surface area contributed by atoms with Crippen LogP contribution in [0.5, 0.6) is 0 Å². The Labute approximate surface area is 106 Å². The van der Waals surface area contributed by atoms with Crippen LogP contribution in [0.15, 0.2) is 27.3 Å². The number of esters is 1. The normalized spacial score (nSPS) is 13.9. The average Bonchev–Trinajstić information content (AvgIpc) is 2.14. The molecule has 0 N–H and O–H groups in total. The highest BCUT2D eigenvalue weighted by atomic mass is 35.5. The van der Waals surface area contributed by atoms with Crippen LogP contribution >= 0.6 is 23.2 Å². The molecule has 0 amide bonds. The Kier molecular flexibility index (Phi) is 7.95. The van der Waals surface area contributed by atoms with Crippen molar-refractivity contribution < 1.29 is 9.53 Å². The molecule has 5 heteroatoms. The summed E-state index contributed by atoms with van der Waals surface area (Å²) in [5.41, 5.74) is 0.609. The van der Waals surface area contributed by atoms with Gasteiger partial charge in [0, 0.05) is 12.0 Å². The fourth-order valence-corrected chi connectivity index (χ4v) is 1.40. The molecule has 0 aromatic heterocycles. The third-order valence-electron chi connectivity index (χ3n) is 1.44. The molecule has 0 spiro atoms. The maximum atomic E-state index is 10.5. The van der Waals surface area contributed by atoms with Crippen LogP contribution < -0.4 is 0 Å². The Balaban J connectivity index is 4.39. The lowest BCUT2D eigenvalue weighted by atomic mass is 10.4. The van der Waals surface area contributed by atoms with E-state index in [1.165, 1.54) is 6.92 Å². The highest BCUT2D eigenvalue weighted by Gasteiger charge is 1.97. The average molecular weight is 264 g/mol. The fourth-order valence-electron chi connectivity index (χ4n) is 0.821. The van der Waals surface area contributed by atoms with Crippen molar-refractivity contribution >= 4 is 34.9 Å². The van der Waals surface area contributed by atoms with Crippen LogP contribution in [0.2, 0.25) is 0 Å². The number of aliphatic imine (C=N–C) groups is 1. The minimum atomic E-state index is -0.349. The van der Waals surface area contributed by atoms with Crippen LogP contribution in [-0.2, 0) is 9.53 Å². The molecule has 90 valence electrons. The molecule has 0 aromatic rings. The molecule has 0 aliphatic heterocycles. The number of allylic oxidation sites excluding steroid dienone is 3. The van der Waals surface area contributed by atoms with Gasteiger partial charge in [-0.3, -0.25) is 4.79 Å². The number of rotatable bonds is 5. The van der Waals surface area contributed by atoms with Crippen molar-refractivity contribution in [3.05, 3.63) is 22.3 Å². The van der Waals surface area contributed by atoms with Crippen LogP contribution in [0.4, 0.5) is 0 Å². The zero-order valence-electron chi connectivity index (χ0n) is 9.59. The van der Waals surface area contributed by atoms with Gasteiger partial charge >= 0.3 is 5.97 Å². The van der Waals surface area contributed by atoms with Gasteiger partial charge in [0.2, 0.25) is 0 Å². The number of carbonyl (C=O) groups excluding carboxylic acids is 1. The van der Waals surface area contributed by atoms with Crippen molar-refractivity contribution in [3.8, 4) is 0 Å². The van der Waals surface area contributed by atoms with E-state index >= 15 is 0 Å². The Morgan fingerprint density at radius 2 is 2.00 bits per heavy atom. The van der Waals surface area contributed by atoms with Gasteiger partial charge in [0.1, 0.15) is 11.8 Å². The number of hydrogen-bond acceptors (Lipinski definition) is 3. The lowest BCUT2D eigenvalue weighted by Gasteiger charge is -2.00. The van der Waals surface area contributed by atoms with E-state index in [1.54, 1.807) is 13.0 Å². The molecule has 0 saturated carbocycles. The van der Waals surface area contributed by atoms with E-state index in [4.69, 9.17) is 27.9 Å². The highest BCUT2D eigenvalue weighted by molar-refractivity contribution is 6.34. The highest BCUT2D eigenvalue weighted by Crippen LogP contribution is 2.12. The summed E-state index contributed by atoms with van der Waals surface area (Å²) in [6.07, 6.45) is 4.19. The third kappa shape index (κ3) is 8.50. The van der Waals surface area contributed by atoms with E-state index in [0.29, 0.717) is 10.7 Å².